The molecule has 2 aromatic heterocycles. The predicted molar refractivity (Wildman–Crippen MR) is 121 cm³/mol. The highest BCUT2D eigenvalue weighted by Gasteiger charge is 2.22. The fourth-order valence-corrected chi connectivity index (χ4v) is 4.45. The summed E-state index contributed by atoms with van der Waals surface area (Å²) < 4.78 is 11.8. The number of fused-ring (bicyclic) bond motifs is 2. The SMILES string of the molecule is CC[C@@H]1COc2cc(NCc3cccc(-c4c(C)oc5ncccc45)c3C)ccc21. The van der Waals surface area contributed by atoms with Crippen molar-refractivity contribution < 1.29 is 9.15 Å². The highest BCUT2D eigenvalue weighted by Crippen LogP contribution is 2.38. The average molecular weight is 399 g/mol. The van der Waals surface area contributed by atoms with Gasteiger partial charge < -0.3 is 14.5 Å². The minimum Gasteiger partial charge on any atom is -0.493 e. The number of nitrogens with one attached hydrogen (secondary N) is 1. The molecule has 30 heavy (non-hydrogen) atoms. The molecular weight excluding hydrogens is 372 g/mol. The van der Waals surface area contributed by atoms with Gasteiger partial charge in [-0.15, -0.1) is 0 Å². The van der Waals surface area contributed by atoms with Gasteiger partial charge in [0.1, 0.15) is 11.5 Å². The molecule has 3 heterocycles. The molecule has 1 aliphatic heterocycles. The Hall–Kier alpha value is -3.27. The fraction of sp³-hybridized carbons (Fsp3) is 0.269. The largest absolute Gasteiger partial charge is 0.493 e. The number of aryl methyl sites for hydroxylation is 1. The summed E-state index contributed by atoms with van der Waals surface area (Å²) in [5.74, 6) is 2.44. The van der Waals surface area contributed by atoms with Gasteiger partial charge in [-0.1, -0.05) is 31.2 Å². The van der Waals surface area contributed by atoms with Crippen LogP contribution in [0.3, 0.4) is 0 Å². The molecule has 1 N–H and O–H groups in total. The van der Waals surface area contributed by atoms with Crippen LogP contribution in [-0.2, 0) is 6.54 Å². The third-order valence-electron chi connectivity index (χ3n) is 6.23. The molecule has 152 valence electrons. The molecule has 4 heteroatoms. The summed E-state index contributed by atoms with van der Waals surface area (Å²) in [4.78, 5) is 4.37. The van der Waals surface area contributed by atoms with Crippen LogP contribution in [0.25, 0.3) is 22.2 Å². The monoisotopic (exact) mass is 398 g/mol. The van der Waals surface area contributed by atoms with Crippen LogP contribution in [0.5, 0.6) is 5.75 Å². The van der Waals surface area contributed by atoms with Gasteiger partial charge in [0.2, 0.25) is 5.71 Å². The zero-order chi connectivity index (χ0) is 20.7. The molecule has 0 spiro atoms. The second-order valence-corrected chi connectivity index (χ2v) is 8.00. The predicted octanol–water partition coefficient (Wildman–Crippen LogP) is 6.61. The van der Waals surface area contributed by atoms with Gasteiger partial charge in [-0.05, 0) is 55.2 Å². The Labute approximate surface area is 176 Å². The molecule has 5 rings (SSSR count). The highest BCUT2D eigenvalue weighted by molar-refractivity contribution is 5.94. The van der Waals surface area contributed by atoms with Crippen molar-refractivity contribution in [3.63, 3.8) is 0 Å². The molecule has 1 aliphatic rings. The second-order valence-electron chi connectivity index (χ2n) is 8.00. The quantitative estimate of drug-likeness (QED) is 0.411. The van der Waals surface area contributed by atoms with Crippen LogP contribution in [-0.4, -0.2) is 11.6 Å². The Bertz CT molecular complexity index is 1230. The van der Waals surface area contributed by atoms with E-state index in [1.807, 2.05) is 13.0 Å². The van der Waals surface area contributed by atoms with E-state index in [2.05, 4.69) is 66.6 Å². The van der Waals surface area contributed by atoms with Gasteiger partial charge in [0.25, 0.3) is 0 Å². The van der Waals surface area contributed by atoms with Crippen molar-refractivity contribution >= 4 is 16.8 Å². The lowest BCUT2D eigenvalue weighted by Gasteiger charge is -2.14. The standard InChI is InChI=1S/C26H26N2O2/c1-4-18-15-29-24-13-20(10-11-22(18)24)28-14-19-7-5-8-21(16(19)2)25-17(3)30-26-23(25)9-6-12-27-26/h5-13,18,28H,4,14-15H2,1-3H3/t18-/m1/s1. The van der Waals surface area contributed by atoms with Gasteiger partial charge in [-0.25, -0.2) is 4.98 Å². The number of furan rings is 1. The van der Waals surface area contributed by atoms with Gasteiger partial charge >= 0.3 is 0 Å². The number of aromatic nitrogens is 1. The summed E-state index contributed by atoms with van der Waals surface area (Å²) in [5.41, 5.74) is 7.95. The fourth-order valence-electron chi connectivity index (χ4n) is 4.45. The third kappa shape index (κ3) is 3.13. The van der Waals surface area contributed by atoms with Crippen LogP contribution in [0.4, 0.5) is 5.69 Å². The molecular formula is C26H26N2O2. The molecule has 0 aliphatic carbocycles. The maximum atomic E-state index is 5.90. The number of hydrogen-bond donors (Lipinski definition) is 1. The Morgan fingerprint density at radius 1 is 1.10 bits per heavy atom. The van der Waals surface area contributed by atoms with Gasteiger partial charge in [0.15, 0.2) is 0 Å². The van der Waals surface area contributed by atoms with E-state index in [9.17, 15) is 0 Å². The molecule has 4 nitrogen and oxygen atoms in total. The summed E-state index contributed by atoms with van der Waals surface area (Å²) in [7, 11) is 0. The number of nitrogens with zero attached hydrogens (tertiary/aromatic N) is 1. The van der Waals surface area contributed by atoms with Crippen molar-refractivity contribution in [2.24, 2.45) is 0 Å². The smallest absolute Gasteiger partial charge is 0.226 e. The summed E-state index contributed by atoms with van der Waals surface area (Å²) in [6.07, 6.45) is 2.88. The Kier molecular flexibility index (Phi) is 4.70. The molecule has 0 unspecified atom stereocenters. The maximum absolute atomic E-state index is 5.90. The van der Waals surface area contributed by atoms with Crippen molar-refractivity contribution in [2.45, 2.75) is 39.7 Å². The van der Waals surface area contributed by atoms with Gasteiger partial charge in [0.05, 0.1) is 6.61 Å². The van der Waals surface area contributed by atoms with E-state index in [1.165, 1.54) is 22.3 Å². The number of benzene rings is 2. The van der Waals surface area contributed by atoms with Crippen molar-refractivity contribution in [3.05, 3.63) is 77.2 Å². The molecule has 0 bridgehead atoms. The zero-order valence-corrected chi connectivity index (χ0v) is 17.7. The second kappa shape index (κ2) is 7.52. The van der Waals surface area contributed by atoms with Crippen LogP contribution < -0.4 is 10.1 Å². The van der Waals surface area contributed by atoms with Crippen molar-refractivity contribution in [1.29, 1.82) is 0 Å². The summed E-state index contributed by atoms with van der Waals surface area (Å²) in [5, 5.41) is 4.63. The van der Waals surface area contributed by atoms with E-state index in [0.717, 1.165) is 47.7 Å². The van der Waals surface area contributed by atoms with Gasteiger partial charge in [-0.3, -0.25) is 0 Å². The topological polar surface area (TPSA) is 47.3 Å². The first-order valence-corrected chi connectivity index (χ1v) is 10.6. The zero-order valence-electron chi connectivity index (χ0n) is 17.7. The van der Waals surface area contributed by atoms with Crippen LogP contribution in [0, 0.1) is 13.8 Å². The number of pyridine rings is 1. The van der Waals surface area contributed by atoms with E-state index in [1.54, 1.807) is 6.20 Å². The number of ether oxygens (including phenoxy) is 1. The van der Waals surface area contributed by atoms with Gasteiger partial charge in [-0.2, -0.15) is 0 Å². The molecule has 0 saturated heterocycles. The minimum atomic E-state index is 0.524. The van der Waals surface area contributed by atoms with Crippen LogP contribution in [0.1, 0.15) is 41.7 Å². The third-order valence-corrected chi connectivity index (χ3v) is 6.23. The first kappa shape index (κ1) is 18.7. The molecule has 2 aromatic carbocycles. The van der Waals surface area contributed by atoms with Gasteiger partial charge in [0, 0.05) is 46.9 Å². The van der Waals surface area contributed by atoms with Crippen LogP contribution >= 0.6 is 0 Å². The van der Waals surface area contributed by atoms with E-state index in [0.29, 0.717) is 11.6 Å². The lowest BCUT2D eigenvalue weighted by Crippen LogP contribution is -2.02. The van der Waals surface area contributed by atoms with Crippen molar-refractivity contribution in [2.75, 3.05) is 11.9 Å². The lowest BCUT2D eigenvalue weighted by atomic mass is 9.95. The molecule has 0 fully saturated rings. The first-order valence-electron chi connectivity index (χ1n) is 10.6. The van der Waals surface area contributed by atoms with Crippen molar-refractivity contribution in [3.8, 4) is 16.9 Å². The minimum absolute atomic E-state index is 0.524. The van der Waals surface area contributed by atoms with Crippen LogP contribution in [0.2, 0.25) is 0 Å². The number of hydrogen-bond acceptors (Lipinski definition) is 4. The molecule has 1 atom stereocenters. The molecule has 4 aromatic rings. The lowest BCUT2D eigenvalue weighted by molar-refractivity contribution is 0.328. The summed E-state index contributed by atoms with van der Waals surface area (Å²) in [6, 6.07) is 17.0. The van der Waals surface area contributed by atoms with Crippen molar-refractivity contribution in [1.82, 2.24) is 4.98 Å². The van der Waals surface area contributed by atoms with Crippen LogP contribution in [0.15, 0.2) is 59.1 Å². The maximum Gasteiger partial charge on any atom is 0.226 e. The average Bonchev–Trinajstić information content (AvgIpc) is 3.32. The van der Waals surface area contributed by atoms with E-state index < -0.39 is 0 Å². The summed E-state index contributed by atoms with van der Waals surface area (Å²) >= 11 is 0. The van der Waals surface area contributed by atoms with E-state index in [-0.39, 0.29) is 0 Å². The highest BCUT2D eigenvalue weighted by atomic mass is 16.5. The normalized spacial score (nSPS) is 15.2. The van der Waals surface area contributed by atoms with E-state index >= 15 is 0 Å². The molecule has 0 amide bonds. The number of anilines is 1. The molecule has 0 saturated carbocycles. The first-order chi connectivity index (χ1) is 14.7. The number of rotatable bonds is 5. The Balaban J connectivity index is 1.43. The summed E-state index contributed by atoms with van der Waals surface area (Å²) in [6.45, 7) is 7.95. The van der Waals surface area contributed by atoms with E-state index in [4.69, 9.17) is 9.15 Å². The Morgan fingerprint density at radius 2 is 2.00 bits per heavy atom. The Morgan fingerprint density at radius 3 is 2.87 bits per heavy atom. The molecule has 0 radical (unpaired) electrons.